The number of halogens is 4. The first kappa shape index (κ1) is 19.9. The van der Waals surface area contributed by atoms with E-state index in [1.54, 1.807) is 18.2 Å². The molecular formula is C19H18Cl2F2N2O2. The molecule has 2 N–H and O–H groups in total. The summed E-state index contributed by atoms with van der Waals surface area (Å²) in [5, 5.41) is 1.09. The number of nitrogens with zero attached hydrogens (tertiary/aromatic N) is 1. The predicted molar refractivity (Wildman–Crippen MR) is 103 cm³/mol. The molecular weight excluding hydrogens is 397 g/mol. The minimum absolute atomic E-state index is 0.0305. The van der Waals surface area contributed by atoms with Crippen molar-refractivity contribution in [3.05, 3.63) is 52.5 Å². The fourth-order valence-electron chi connectivity index (χ4n) is 2.75. The van der Waals surface area contributed by atoms with Crippen LogP contribution in [0.15, 0.2) is 47.5 Å². The van der Waals surface area contributed by atoms with Crippen molar-refractivity contribution < 1.29 is 18.3 Å². The molecule has 0 radical (unpaired) electrons. The van der Waals surface area contributed by atoms with Gasteiger partial charge in [0.2, 0.25) is 0 Å². The summed E-state index contributed by atoms with van der Waals surface area (Å²) in [5.74, 6) is -2.43. The number of rotatable bonds is 5. The van der Waals surface area contributed by atoms with Crippen LogP contribution >= 0.6 is 23.2 Å². The average Bonchev–Trinajstić information content (AvgIpc) is 2.72. The van der Waals surface area contributed by atoms with Crippen LogP contribution in [0.3, 0.4) is 0 Å². The minimum atomic E-state index is -3.07. The standard InChI is InChI=1S/C19H18Cl2F2N2O2/c20-14-7-13(8-15(21)9-14)12-1-3-16(4-2-12)27-6-5-17-19(22,23)11-26-10-18(24)25-17/h1-4,7-9,17H,5-6,10-11H2,(H2,24,25)/t17-/m0/s1. The first-order valence-corrected chi connectivity index (χ1v) is 9.06. The summed E-state index contributed by atoms with van der Waals surface area (Å²) < 4.78 is 38.3. The van der Waals surface area contributed by atoms with Crippen LogP contribution in [-0.4, -0.2) is 37.6 Å². The summed E-state index contributed by atoms with van der Waals surface area (Å²) in [7, 11) is 0. The average molecular weight is 415 g/mol. The van der Waals surface area contributed by atoms with Crippen molar-refractivity contribution in [3.8, 4) is 16.9 Å². The molecule has 0 bridgehead atoms. The molecule has 27 heavy (non-hydrogen) atoms. The molecule has 1 heterocycles. The molecule has 0 aliphatic carbocycles. The molecule has 2 aromatic rings. The van der Waals surface area contributed by atoms with E-state index in [-0.39, 0.29) is 25.5 Å². The Morgan fingerprint density at radius 2 is 1.78 bits per heavy atom. The van der Waals surface area contributed by atoms with Gasteiger partial charge in [0.15, 0.2) is 0 Å². The van der Waals surface area contributed by atoms with Crippen LogP contribution in [0, 0.1) is 0 Å². The highest BCUT2D eigenvalue weighted by molar-refractivity contribution is 6.35. The molecule has 8 heteroatoms. The topological polar surface area (TPSA) is 56.8 Å². The number of alkyl halides is 2. The zero-order valence-corrected chi connectivity index (χ0v) is 15.8. The molecule has 0 aromatic heterocycles. The van der Waals surface area contributed by atoms with Gasteiger partial charge >= 0.3 is 0 Å². The quantitative estimate of drug-likeness (QED) is 0.762. The minimum Gasteiger partial charge on any atom is -0.494 e. The summed E-state index contributed by atoms with van der Waals surface area (Å²) in [6.45, 7) is -0.694. The second-order valence-electron chi connectivity index (χ2n) is 6.21. The number of hydrogen-bond donors (Lipinski definition) is 1. The van der Waals surface area contributed by atoms with Crippen molar-refractivity contribution in [3.63, 3.8) is 0 Å². The Morgan fingerprint density at radius 3 is 2.44 bits per heavy atom. The van der Waals surface area contributed by atoms with Gasteiger partial charge in [0.05, 0.1) is 6.61 Å². The van der Waals surface area contributed by atoms with Gasteiger partial charge in [-0.05, 0) is 41.5 Å². The fraction of sp³-hybridized carbons (Fsp3) is 0.316. The molecule has 0 fully saturated rings. The van der Waals surface area contributed by atoms with Gasteiger partial charge < -0.3 is 15.2 Å². The van der Waals surface area contributed by atoms with Crippen LogP contribution in [0.5, 0.6) is 5.75 Å². The summed E-state index contributed by atoms with van der Waals surface area (Å²) in [6, 6.07) is 11.2. The maximum absolute atomic E-state index is 14.0. The molecule has 1 atom stereocenters. The van der Waals surface area contributed by atoms with Crippen LogP contribution in [0.4, 0.5) is 8.78 Å². The van der Waals surface area contributed by atoms with Gasteiger partial charge in [0, 0.05) is 16.5 Å². The van der Waals surface area contributed by atoms with E-state index in [1.807, 2.05) is 24.3 Å². The van der Waals surface area contributed by atoms with E-state index >= 15 is 0 Å². The monoisotopic (exact) mass is 414 g/mol. The Labute approximate surface area is 165 Å². The fourth-order valence-corrected chi connectivity index (χ4v) is 3.27. The van der Waals surface area contributed by atoms with Crippen LogP contribution in [0.25, 0.3) is 11.1 Å². The van der Waals surface area contributed by atoms with E-state index in [0.717, 1.165) is 11.1 Å². The Kier molecular flexibility index (Phi) is 6.19. The SMILES string of the molecule is NC1=N[C@@H](CCOc2ccc(-c3cc(Cl)cc(Cl)c3)cc2)C(F)(F)COC1. The molecule has 0 unspecified atom stereocenters. The van der Waals surface area contributed by atoms with E-state index < -0.39 is 18.6 Å². The van der Waals surface area contributed by atoms with Crippen molar-refractivity contribution in [1.29, 1.82) is 0 Å². The van der Waals surface area contributed by atoms with Crippen molar-refractivity contribution in [2.75, 3.05) is 19.8 Å². The van der Waals surface area contributed by atoms with E-state index in [4.69, 9.17) is 38.4 Å². The van der Waals surface area contributed by atoms with Gasteiger partial charge in [0.25, 0.3) is 5.92 Å². The molecule has 1 aliphatic heterocycles. The Balaban J connectivity index is 1.61. The zero-order chi connectivity index (χ0) is 19.4. The zero-order valence-electron chi connectivity index (χ0n) is 14.3. The highest BCUT2D eigenvalue weighted by Gasteiger charge is 2.41. The Hall–Kier alpha value is -1.89. The molecule has 3 rings (SSSR count). The lowest BCUT2D eigenvalue weighted by atomic mass is 10.1. The summed E-state index contributed by atoms with van der Waals surface area (Å²) in [6.07, 6.45) is 0.0305. The van der Waals surface area contributed by atoms with Gasteiger partial charge in [-0.25, -0.2) is 8.78 Å². The maximum Gasteiger partial charge on any atom is 0.292 e. The second kappa shape index (κ2) is 8.42. The van der Waals surface area contributed by atoms with Crippen molar-refractivity contribution in [2.24, 2.45) is 10.7 Å². The van der Waals surface area contributed by atoms with Crippen molar-refractivity contribution >= 4 is 29.0 Å². The lowest BCUT2D eigenvalue weighted by molar-refractivity contribution is -0.0844. The highest BCUT2D eigenvalue weighted by atomic mass is 35.5. The Morgan fingerprint density at radius 1 is 1.11 bits per heavy atom. The largest absolute Gasteiger partial charge is 0.494 e. The van der Waals surface area contributed by atoms with Gasteiger partial charge in [-0.3, -0.25) is 4.99 Å². The molecule has 4 nitrogen and oxygen atoms in total. The number of ether oxygens (including phenoxy) is 2. The third-order valence-electron chi connectivity index (χ3n) is 4.06. The third kappa shape index (κ3) is 5.31. The first-order chi connectivity index (χ1) is 12.8. The van der Waals surface area contributed by atoms with Crippen LogP contribution in [0.2, 0.25) is 10.0 Å². The predicted octanol–water partition coefficient (Wildman–Crippen LogP) is 4.82. The molecule has 1 aliphatic rings. The van der Waals surface area contributed by atoms with Crippen molar-refractivity contribution in [2.45, 2.75) is 18.4 Å². The van der Waals surface area contributed by atoms with E-state index in [9.17, 15) is 8.78 Å². The number of amidine groups is 1. The van der Waals surface area contributed by atoms with Gasteiger partial charge in [-0.15, -0.1) is 0 Å². The summed E-state index contributed by atoms with van der Waals surface area (Å²) in [4.78, 5) is 3.84. The number of benzene rings is 2. The lowest BCUT2D eigenvalue weighted by Gasteiger charge is -2.21. The third-order valence-corrected chi connectivity index (χ3v) is 4.50. The smallest absolute Gasteiger partial charge is 0.292 e. The summed E-state index contributed by atoms with van der Waals surface area (Å²) in [5.41, 5.74) is 7.34. The number of nitrogens with two attached hydrogens (primary N) is 1. The van der Waals surface area contributed by atoms with E-state index in [0.29, 0.717) is 15.8 Å². The van der Waals surface area contributed by atoms with Gasteiger partial charge in [-0.2, -0.15) is 0 Å². The first-order valence-electron chi connectivity index (χ1n) is 8.30. The molecule has 144 valence electrons. The molecule has 2 aromatic carbocycles. The van der Waals surface area contributed by atoms with E-state index in [1.165, 1.54) is 0 Å². The van der Waals surface area contributed by atoms with Crippen LogP contribution in [-0.2, 0) is 4.74 Å². The van der Waals surface area contributed by atoms with Crippen LogP contribution < -0.4 is 10.5 Å². The normalized spacial score (nSPS) is 19.3. The Bertz CT molecular complexity index is 809. The summed E-state index contributed by atoms with van der Waals surface area (Å²) >= 11 is 12.0. The molecule has 0 saturated heterocycles. The number of hydrogen-bond acceptors (Lipinski definition) is 4. The molecule has 0 spiro atoms. The van der Waals surface area contributed by atoms with Gasteiger partial charge in [-0.1, -0.05) is 35.3 Å². The molecule has 0 saturated carbocycles. The maximum atomic E-state index is 14.0. The van der Waals surface area contributed by atoms with Gasteiger partial charge in [0.1, 0.15) is 30.8 Å². The van der Waals surface area contributed by atoms with E-state index in [2.05, 4.69) is 4.99 Å². The van der Waals surface area contributed by atoms with Crippen molar-refractivity contribution in [1.82, 2.24) is 0 Å². The number of aliphatic imine (C=N–C) groups is 1. The van der Waals surface area contributed by atoms with Crippen LogP contribution in [0.1, 0.15) is 6.42 Å². The second-order valence-corrected chi connectivity index (χ2v) is 7.08. The highest BCUT2D eigenvalue weighted by Crippen LogP contribution is 2.29. The molecule has 0 amide bonds. The lowest BCUT2D eigenvalue weighted by Crippen LogP contribution is -2.37.